The number of aryl methyl sites for hydroxylation is 4. The van der Waals surface area contributed by atoms with E-state index in [1.165, 1.54) is 0 Å². The summed E-state index contributed by atoms with van der Waals surface area (Å²) < 4.78 is 1.66. The van der Waals surface area contributed by atoms with E-state index in [2.05, 4.69) is 11.2 Å². The van der Waals surface area contributed by atoms with E-state index in [1.54, 1.807) is 16.6 Å². The van der Waals surface area contributed by atoms with Crippen LogP contribution >= 0.6 is 0 Å². The zero-order valence-corrected chi connectivity index (χ0v) is 13.3. The molecule has 0 spiro atoms. The van der Waals surface area contributed by atoms with E-state index in [4.69, 9.17) is 5.73 Å². The maximum atomic E-state index is 12.8. The molecule has 0 saturated carbocycles. The molecule has 1 aromatic heterocycles. The second kappa shape index (κ2) is 5.60. The molecule has 21 heavy (non-hydrogen) atoms. The van der Waals surface area contributed by atoms with Gasteiger partial charge in [0.1, 0.15) is 5.69 Å². The van der Waals surface area contributed by atoms with Crippen LogP contribution in [0.4, 0.5) is 11.4 Å². The highest BCUT2D eigenvalue weighted by molar-refractivity contribution is 6.08. The fourth-order valence-corrected chi connectivity index (χ4v) is 2.47. The van der Waals surface area contributed by atoms with Crippen molar-refractivity contribution in [2.24, 2.45) is 0 Å². The van der Waals surface area contributed by atoms with Crippen molar-refractivity contribution in [1.82, 2.24) is 9.78 Å². The number of nitrogens with zero attached hydrogens (tertiary/aromatic N) is 3. The minimum absolute atomic E-state index is 0.139. The first kappa shape index (κ1) is 15.1. The maximum absolute atomic E-state index is 12.8. The maximum Gasteiger partial charge on any atom is 0.278 e. The van der Waals surface area contributed by atoms with Crippen LogP contribution < -0.4 is 10.6 Å². The van der Waals surface area contributed by atoms with E-state index in [0.717, 1.165) is 16.8 Å². The van der Waals surface area contributed by atoms with Crippen LogP contribution in [0.25, 0.3) is 0 Å². The van der Waals surface area contributed by atoms with Crippen molar-refractivity contribution in [3.05, 3.63) is 40.7 Å². The Balaban J connectivity index is 2.44. The lowest BCUT2D eigenvalue weighted by Gasteiger charge is -2.19. The molecule has 112 valence electrons. The van der Waals surface area contributed by atoms with Crippen LogP contribution in [0.3, 0.4) is 0 Å². The molecule has 5 nitrogen and oxygen atoms in total. The molecule has 0 aliphatic heterocycles. The van der Waals surface area contributed by atoms with Crippen molar-refractivity contribution in [3.63, 3.8) is 0 Å². The average Bonchev–Trinajstić information content (AvgIpc) is 2.71. The Morgan fingerprint density at radius 1 is 1.24 bits per heavy atom. The molecule has 0 saturated heterocycles. The highest BCUT2D eigenvalue weighted by Gasteiger charge is 2.23. The van der Waals surface area contributed by atoms with Crippen molar-refractivity contribution in [3.8, 4) is 0 Å². The lowest BCUT2D eigenvalue weighted by molar-refractivity contribution is 0.0983. The molecule has 2 N–H and O–H groups in total. The fourth-order valence-electron chi connectivity index (χ4n) is 2.47. The molecular weight excluding hydrogens is 264 g/mol. The van der Waals surface area contributed by atoms with Crippen LogP contribution in [0.2, 0.25) is 0 Å². The second-order valence-corrected chi connectivity index (χ2v) is 5.37. The monoisotopic (exact) mass is 286 g/mol. The molecule has 2 aromatic rings. The van der Waals surface area contributed by atoms with Gasteiger partial charge in [0.2, 0.25) is 0 Å². The topological polar surface area (TPSA) is 64.2 Å². The third kappa shape index (κ3) is 2.77. The SMILES string of the molecule is CCn1nc(C)c(N)c1C(=O)N(C)c1cc(C)cc(C)c1. The molecule has 0 atom stereocenters. The summed E-state index contributed by atoms with van der Waals surface area (Å²) in [5.74, 6) is -0.139. The normalized spacial score (nSPS) is 10.7. The van der Waals surface area contributed by atoms with E-state index >= 15 is 0 Å². The Kier molecular flexibility index (Phi) is 4.02. The molecule has 0 fully saturated rings. The lowest BCUT2D eigenvalue weighted by atomic mass is 10.1. The number of hydrogen-bond donors (Lipinski definition) is 1. The summed E-state index contributed by atoms with van der Waals surface area (Å²) in [7, 11) is 1.76. The van der Waals surface area contributed by atoms with Crippen molar-refractivity contribution in [1.29, 1.82) is 0 Å². The molecule has 1 heterocycles. The average molecular weight is 286 g/mol. The molecule has 1 amide bonds. The summed E-state index contributed by atoms with van der Waals surface area (Å²) in [6, 6.07) is 6.05. The van der Waals surface area contributed by atoms with Gasteiger partial charge < -0.3 is 10.6 Å². The molecule has 5 heteroatoms. The third-order valence-electron chi connectivity index (χ3n) is 3.57. The van der Waals surface area contributed by atoms with Gasteiger partial charge in [-0.25, -0.2) is 0 Å². The van der Waals surface area contributed by atoms with Gasteiger partial charge in [0.15, 0.2) is 0 Å². The van der Waals surface area contributed by atoms with Crippen LogP contribution in [-0.2, 0) is 6.54 Å². The summed E-state index contributed by atoms with van der Waals surface area (Å²) in [4.78, 5) is 14.4. The first-order valence-electron chi connectivity index (χ1n) is 7.04. The number of anilines is 2. The molecule has 2 rings (SSSR count). The first-order valence-corrected chi connectivity index (χ1v) is 7.04. The summed E-state index contributed by atoms with van der Waals surface area (Å²) in [5.41, 5.74) is 10.7. The van der Waals surface area contributed by atoms with Crippen LogP contribution in [0.5, 0.6) is 0 Å². The standard InChI is InChI=1S/C16H22N4O/c1-6-20-15(14(17)12(4)18-20)16(21)19(5)13-8-10(2)7-11(3)9-13/h7-9H,6,17H2,1-5H3. The molecule has 1 aromatic carbocycles. The number of aromatic nitrogens is 2. The van der Waals surface area contributed by atoms with Crippen molar-refractivity contribution < 1.29 is 4.79 Å². The van der Waals surface area contributed by atoms with Crippen LogP contribution in [0.15, 0.2) is 18.2 Å². The number of nitrogens with two attached hydrogens (primary N) is 1. The number of hydrogen-bond acceptors (Lipinski definition) is 3. The van der Waals surface area contributed by atoms with Crippen molar-refractivity contribution in [2.75, 3.05) is 17.7 Å². The van der Waals surface area contributed by atoms with Crippen LogP contribution in [0, 0.1) is 20.8 Å². The molecule has 0 aliphatic carbocycles. The van der Waals surface area contributed by atoms with Gasteiger partial charge >= 0.3 is 0 Å². The minimum atomic E-state index is -0.139. The van der Waals surface area contributed by atoms with Gasteiger partial charge in [-0.3, -0.25) is 9.48 Å². The summed E-state index contributed by atoms with van der Waals surface area (Å²) in [5, 5.41) is 4.31. The number of benzene rings is 1. The van der Waals surface area contributed by atoms with Gasteiger partial charge in [-0.15, -0.1) is 0 Å². The quantitative estimate of drug-likeness (QED) is 0.943. The van der Waals surface area contributed by atoms with E-state index in [1.807, 2.05) is 39.8 Å². The molecule has 0 unspecified atom stereocenters. The number of amides is 1. The molecule has 0 aliphatic rings. The van der Waals surface area contributed by atoms with Gasteiger partial charge in [-0.1, -0.05) is 6.07 Å². The van der Waals surface area contributed by atoms with Gasteiger partial charge in [0.05, 0.1) is 11.4 Å². The lowest BCUT2D eigenvalue weighted by Crippen LogP contribution is -2.29. The molecule has 0 radical (unpaired) electrons. The summed E-state index contributed by atoms with van der Waals surface area (Å²) >= 11 is 0. The first-order chi connectivity index (χ1) is 9.85. The Morgan fingerprint density at radius 2 is 1.81 bits per heavy atom. The van der Waals surface area contributed by atoms with Gasteiger partial charge in [-0.2, -0.15) is 5.10 Å². The van der Waals surface area contributed by atoms with E-state index in [9.17, 15) is 4.79 Å². The van der Waals surface area contributed by atoms with E-state index in [-0.39, 0.29) is 5.91 Å². The number of rotatable bonds is 3. The predicted molar refractivity (Wildman–Crippen MR) is 85.7 cm³/mol. The Bertz CT molecular complexity index is 668. The fraction of sp³-hybridized carbons (Fsp3) is 0.375. The Morgan fingerprint density at radius 3 is 2.33 bits per heavy atom. The smallest absolute Gasteiger partial charge is 0.278 e. The molecule has 0 bridgehead atoms. The van der Waals surface area contributed by atoms with Crippen LogP contribution in [-0.4, -0.2) is 22.7 Å². The van der Waals surface area contributed by atoms with E-state index in [0.29, 0.717) is 23.6 Å². The van der Waals surface area contributed by atoms with Crippen molar-refractivity contribution >= 4 is 17.3 Å². The second-order valence-electron chi connectivity index (χ2n) is 5.37. The highest BCUT2D eigenvalue weighted by Crippen LogP contribution is 2.23. The zero-order chi connectivity index (χ0) is 15.7. The highest BCUT2D eigenvalue weighted by atomic mass is 16.2. The van der Waals surface area contributed by atoms with E-state index < -0.39 is 0 Å². The third-order valence-corrected chi connectivity index (χ3v) is 3.57. The van der Waals surface area contributed by atoms with Crippen LogP contribution in [0.1, 0.15) is 34.2 Å². The minimum Gasteiger partial charge on any atom is -0.395 e. The van der Waals surface area contributed by atoms with Crippen molar-refractivity contribution in [2.45, 2.75) is 34.2 Å². The number of carbonyl (C=O) groups excluding carboxylic acids is 1. The Labute approximate surface area is 125 Å². The van der Waals surface area contributed by atoms with Gasteiger partial charge in [0.25, 0.3) is 5.91 Å². The summed E-state index contributed by atoms with van der Waals surface area (Å²) in [6.07, 6.45) is 0. The number of nitrogen functional groups attached to an aromatic ring is 1. The zero-order valence-electron chi connectivity index (χ0n) is 13.3. The number of carbonyl (C=O) groups is 1. The summed E-state index contributed by atoms with van der Waals surface area (Å²) in [6.45, 7) is 8.40. The predicted octanol–water partition coefficient (Wildman–Crippen LogP) is 2.69. The Hall–Kier alpha value is -2.30. The largest absolute Gasteiger partial charge is 0.395 e. The van der Waals surface area contributed by atoms with Gasteiger partial charge in [-0.05, 0) is 51.0 Å². The molecular formula is C16H22N4O. The van der Waals surface area contributed by atoms with Gasteiger partial charge in [0, 0.05) is 19.3 Å².